The van der Waals surface area contributed by atoms with Gasteiger partial charge in [0.2, 0.25) is 0 Å². The van der Waals surface area contributed by atoms with Gasteiger partial charge in [-0.2, -0.15) is 4.72 Å². The zero-order chi connectivity index (χ0) is 14.0. The molecular formula is C10H14BrNO4S2. The summed E-state index contributed by atoms with van der Waals surface area (Å²) in [7, 11) is -3.83. The van der Waals surface area contributed by atoms with Crippen molar-refractivity contribution < 1.29 is 18.3 Å². The van der Waals surface area contributed by atoms with Crippen molar-refractivity contribution in [1.82, 2.24) is 4.72 Å². The van der Waals surface area contributed by atoms with Crippen LogP contribution < -0.4 is 4.72 Å². The molecule has 0 aliphatic heterocycles. The van der Waals surface area contributed by atoms with Crippen LogP contribution in [-0.4, -0.2) is 25.0 Å². The topological polar surface area (TPSA) is 83.5 Å². The maximum Gasteiger partial charge on any atom is 0.324 e. The third kappa shape index (κ3) is 3.31. The van der Waals surface area contributed by atoms with Crippen LogP contribution in [0.3, 0.4) is 0 Å². The second-order valence-electron chi connectivity index (χ2n) is 4.05. The first kappa shape index (κ1) is 15.6. The summed E-state index contributed by atoms with van der Waals surface area (Å²) in [6.45, 7) is 3.18. The van der Waals surface area contributed by atoms with E-state index in [1.807, 2.05) is 0 Å². The Bertz CT molecular complexity index is 540. The van der Waals surface area contributed by atoms with E-state index < -0.39 is 21.5 Å². The van der Waals surface area contributed by atoms with E-state index in [4.69, 9.17) is 5.11 Å². The number of aliphatic carboxylic acids is 1. The number of sulfonamides is 1. The highest BCUT2D eigenvalue weighted by Gasteiger charge is 2.37. The van der Waals surface area contributed by atoms with E-state index in [-0.39, 0.29) is 10.6 Å². The number of carbonyl (C=O) groups is 1. The molecule has 5 nitrogen and oxygen atoms in total. The molecule has 0 fully saturated rings. The van der Waals surface area contributed by atoms with Crippen molar-refractivity contribution in [2.24, 2.45) is 0 Å². The Morgan fingerprint density at radius 2 is 2.22 bits per heavy atom. The number of carboxylic acid groups (broad SMARTS) is 1. The largest absolute Gasteiger partial charge is 0.480 e. The van der Waals surface area contributed by atoms with E-state index >= 15 is 0 Å². The van der Waals surface area contributed by atoms with Gasteiger partial charge in [0, 0.05) is 4.47 Å². The number of nitrogens with one attached hydrogen (secondary N) is 1. The highest BCUT2D eigenvalue weighted by molar-refractivity contribution is 9.10. The molecule has 1 unspecified atom stereocenters. The lowest BCUT2D eigenvalue weighted by molar-refractivity contribution is -0.143. The summed E-state index contributed by atoms with van der Waals surface area (Å²) in [4.78, 5) is 11.2. The highest BCUT2D eigenvalue weighted by Crippen LogP contribution is 2.29. The maximum absolute atomic E-state index is 12.1. The highest BCUT2D eigenvalue weighted by atomic mass is 79.9. The van der Waals surface area contributed by atoms with Crippen molar-refractivity contribution in [3.63, 3.8) is 0 Å². The molecule has 1 aromatic rings. The van der Waals surface area contributed by atoms with Gasteiger partial charge in [-0.25, -0.2) is 8.42 Å². The van der Waals surface area contributed by atoms with Gasteiger partial charge >= 0.3 is 5.97 Å². The fourth-order valence-electron chi connectivity index (χ4n) is 1.52. The summed E-state index contributed by atoms with van der Waals surface area (Å²) in [6.07, 6.45) is 0.793. The van der Waals surface area contributed by atoms with Crippen LogP contribution in [0.15, 0.2) is 20.1 Å². The molecule has 1 atom stereocenters. The predicted molar refractivity (Wildman–Crippen MR) is 73.3 cm³/mol. The van der Waals surface area contributed by atoms with Crippen molar-refractivity contribution in [1.29, 1.82) is 0 Å². The number of carboxylic acids is 1. The second kappa shape index (κ2) is 5.68. The average Bonchev–Trinajstić information content (AvgIpc) is 2.64. The van der Waals surface area contributed by atoms with E-state index in [1.165, 1.54) is 6.92 Å². The Balaban J connectivity index is 3.09. The van der Waals surface area contributed by atoms with Crippen molar-refractivity contribution >= 4 is 43.3 Å². The van der Waals surface area contributed by atoms with Gasteiger partial charge in [0.15, 0.2) is 0 Å². The van der Waals surface area contributed by atoms with E-state index in [0.29, 0.717) is 10.9 Å². The standard InChI is InChI=1S/C10H14BrNO4S2/c1-3-5-10(2,9(13)14)12-18(15,16)8-7(11)4-6-17-8/h4,6,12H,3,5H2,1-2H3,(H,13,14). The molecule has 0 aromatic carbocycles. The van der Waals surface area contributed by atoms with Crippen LogP contribution in [0.25, 0.3) is 0 Å². The van der Waals surface area contributed by atoms with E-state index in [2.05, 4.69) is 20.7 Å². The maximum atomic E-state index is 12.1. The van der Waals surface area contributed by atoms with Gasteiger partial charge in [0.25, 0.3) is 10.0 Å². The molecule has 0 aliphatic rings. The second-order valence-corrected chi connectivity index (χ2v) is 7.70. The molecule has 0 bridgehead atoms. The first-order chi connectivity index (χ1) is 8.23. The predicted octanol–water partition coefficient (Wildman–Crippen LogP) is 2.43. The Kier molecular flexibility index (Phi) is 4.93. The molecule has 1 heterocycles. The van der Waals surface area contributed by atoms with Crippen LogP contribution >= 0.6 is 27.3 Å². The zero-order valence-electron chi connectivity index (χ0n) is 9.94. The van der Waals surface area contributed by atoms with Crippen molar-refractivity contribution in [2.45, 2.75) is 36.4 Å². The minimum atomic E-state index is -3.83. The fraction of sp³-hybridized carbons (Fsp3) is 0.500. The summed E-state index contributed by atoms with van der Waals surface area (Å²) >= 11 is 4.17. The van der Waals surface area contributed by atoms with E-state index in [1.54, 1.807) is 18.4 Å². The lowest BCUT2D eigenvalue weighted by Crippen LogP contribution is -2.51. The summed E-state index contributed by atoms with van der Waals surface area (Å²) in [5.41, 5.74) is -1.49. The SMILES string of the molecule is CCCC(C)(NS(=O)(=O)c1sccc1Br)C(=O)O. The van der Waals surface area contributed by atoms with Crippen LogP contribution in [0, 0.1) is 0 Å². The molecule has 18 heavy (non-hydrogen) atoms. The summed E-state index contributed by atoms with van der Waals surface area (Å²) in [5, 5.41) is 10.8. The fourth-order valence-corrected chi connectivity index (χ4v) is 5.25. The van der Waals surface area contributed by atoms with Crippen molar-refractivity contribution in [3.05, 3.63) is 15.9 Å². The monoisotopic (exact) mass is 355 g/mol. The quantitative estimate of drug-likeness (QED) is 0.820. The average molecular weight is 356 g/mol. The van der Waals surface area contributed by atoms with Gasteiger partial charge in [0.05, 0.1) is 0 Å². The van der Waals surface area contributed by atoms with E-state index in [0.717, 1.165) is 11.3 Å². The summed E-state index contributed by atoms with van der Waals surface area (Å²) in [6, 6.07) is 1.61. The smallest absolute Gasteiger partial charge is 0.324 e. The van der Waals surface area contributed by atoms with Gasteiger partial charge < -0.3 is 5.11 Å². The molecule has 0 spiro atoms. The Hall–Kier alpha value is -0.440. The Morgan fingerprint density at radius 1 is 1.61 bits per heavy atom. The van der Waals surface area contributed by atoms with Crippen LogP contribution in [-0.2, 0) is 14.8 Å². The molecule has 1 rings (SSSR count). The van der Waals surface area contributed by atoms with Gasteiger partial charge in [-0.3, -0.25) is 4.79 Å². The summed E-state index contributed by atoms with van der Waals surface area (Å²) in [5.74, 6) is -1.18. The van der Waals surface area contributed by atoms with Gasteiger partial charge in [-0.05, 0) is 40.7 Å². The Morgan fingerprint density at radius 3 is 2.61 bits per heavy atom. The van der Waals surface area contributed by atoms with Crippen LogP contribution in [0.1, 0.15) is 26.7 Å². The number of thiophene rings is 1. The van der Waals surface area contributed by atoms with Crippen molar-refractivity contribution in [3.8, 4) is 0 Å². The van der Waals surface area contributed by atoms with Crippen LogP contribution in [0.5, 0.6) is 0 Å². The molecule has 1 aromatic heterocycles. The number of hydrogen-bond acceptors (Lipinski definition) is 4. The normalized spacial score (nSPS) is 15.3. The minimum Gasteiger partial charge on any atom is -0.480 e. The van der Waals surface area contributed by atoms with Crippen molar-refractivity contribution in [2.75, 3.05) is 0 Å². The molecule has 8 heteroatoms. The third-order valence-electron chi connectivity index (χ3n) is 2.41. The molecule has 0 saturated heterocycles. The van der Waals surface area contributed by atoms with Gasteiger partial charge in [-0.1, -0.05) is 13.3 Å². The molecule has 2 N–H and O–H groups in total. The first-order valence-electron chi connectivity index (χ1n) is 5.23. The van der Waals surface area contributed by atoms with Crippen LogP contribution in [0.2, 0.25) is 0 Å². The molecule has 0 aliphatic carbocycles. The zero-order valence-corrected chi connectivity index (χ0v) is 13.2. The Labute approximate surface area is 118 Å². The van der Waals surface area contributed by atoms with Crippen LogP contribution in [0.4, 0.5) is 0 Å². The molecule has 0 amide bonds. The first-order valence-corrected chi connectivity index (χ1v) is 8.39. The molecule has 102 valence electrons. The van der Waals surface area contributed by atoms with Gasteiger partial charge in [-0.15, -0.1) is 11.3 Å². The minimum absolute atomic E-state index is 0.0890. The molecule has 0 radical (unpaired) electrons. The van der Waals surface area contributed by atoms with Gasteiger partial charge in [0.1, 0.15) is 9.75 Å². The lowest BCUT2D eigenvalue weighted by atomic mass is 9.98. The number of halogens is 1. The number of hydrogen-bond donors (Lipinski definition) is 2. The third-order valence-corrected chi connectivity index (χ3v) is 6.68. The molecular weight excluding hydrogens is 342 g/mol. The van der Waals surface area contributed by atoms with E-state index in [9.17, 15) is 13.2 Å². The summed E-state index contributed by atoms with van der Waals surface area (Å²) < 4.78 is 27.0. The molecule has 0 saturated carbocycles. The number of rotatable bonds is 6. The lowest BCUT2D eigenvalue weighted by Gasteiger charge is -2.25.